The molecule has 0 atom stereocenters. The lowest BCUT2D eigenvalue weighted by Gasteiger charge is -2.27. The van der Waals surface area contributed by atoms with Crippen molar-refractivity contribution in [3.63, 3.8) is 0 Å². The first-order valence-corrected chi connectivity index (χ1v) is 7.21. The summed E-state index contributed by atoms with van der Waals surface area (Å²) in [6, 6.07) is 6.43. The minimum atomic E-state index is 0.791. The number of aryl methyl sites for hydroxylation is 1. The number of anilines is 1. The van der Waals surface area contributed by atoms with Crippen molar-refractivity contribution < 1.29 is 4.74 Å². The molecule has 102 valence electrons. The van der Waals surface area contributed by atoms with E-state index in [-0.39, 0.29) is 0 Å². The second kappa shape index (κ2) is 5.51. The molecule has 0 amide bonds. The molecule has 0 radical (unpaired) electrons. The van der Waals surface area contributed by atoms with Crippen molar-refractivity contribution in [2.75, 3.05) is 18.2 Å². The number of nitrogens with one attached hydrogen (secondary N) is 1. The minimum absolute atomic E-state index is 0.791. The van der Waals surface area contributed by atoms with E-state index in [1.54, 1.807) is 0 Å². The average molecular weight is 259 g/mol. The van der Waals surface area contributed by atoms with Crippen molar-refractivity contribution in [2.24, 2.45) is 5.10 Å². The Morgan fingerprint density at radius 3 is 3.16 bits per heavy atom. The van der Waals surface area contributed by atoms with Crippen LogP contribution in [-0.4, -0.2) is 19.1 Å². The normalized spacial score (nSPS) is 16.5. The number of rotatable bonds is 5. The summed E-state index contributed by atoms with van der Waals surface area (Å²) in [5, 5.41) is 4.31. The van der Waals surface area contributed by atoms with Gasteiger partial charge in [0.25, 0.3) is 0 Å². The molecule has 4 heteroatoms. The number of hydrazone groups is 1. The van der Waals surface area contributed by atoms with E-state index in [9.17, 15) is 0 Å². The first kappa shape index (κ1) is 12.3. The van der Waals surface area contributed by atoms with E-state index in [0.29, 0.717) is 0 Å². The van der Waals surface area contributed by atoms with E-state index >= 15 is 0 Å². The second-order valence-electron chi connectivity index (χ2n) is 5.12. The third-order valence-corrected chi connectivity index (χ3v) is 3.72. The van der Waals surface area contributed by atoms with Crippen LogP contribution in [0.1, 0.15) is 38.2 Å². The molecule has 2 heterocycles. The van der Waals surface area contributed by atoms with E-state index in [2.05, 4.69) is 40.5 Å². The maximum absolute atomic E-state index is 5.82. The fourth-order valence-electron chi connectivity index (χ4n) is 2.67. The number of benzene rings is 1. The fourth-order valence-corrected chi connectivity index (χ4v) is 2.67. The van der Waals surface area contributed by atoms with Gasteiger partial charge in [-0.3, -0.25) is 5.43 Å². The molecule has 0 bridgehead atoms. The fraction of sp³-hybridized carbons (Fsp3) is 0.533. The molecular formula is C15H21N3O. The third-order valence-electron chi connectivity index (χ3n) is 3.72. The number of fused-ring (bicyclic) bond motifs is 3. The average Bonchev–Trinajstić information content (AvgIpc) is 2.92. The second-order valence-corrected chi connectivity index (χ2v) is 5.12. The first-order chi connectivity index (χ1) is 9.38. The maximum Gasteiger partial charge on any atom is 0.131 e. The van der Waals surface area contributed by atoms with E-state index in [1.807, 2.05) is 0 Å². The Labute approximate surface area is 114 Å². The summed E-state index contributed by atoms with van der Waals surface area (Å²) in [5.74, 6) is 2.16. The Hall–Kier alpha value is -1.71. The molecule has 1 aromatic carbocycles. The van der Waals surface area contributed by atoms with Crippen LogP contribution in [0.25, 0.3) is 0 Å². The van der Waals surface area contributed by atoms with Crippen LogP contribution in [0, 0.1) is 0 Å². The Kier molecular flexibility index (Phi) is 3.58. The molecule has 0 fully saturated rings. The Morgan fingerprint density at radius 1 is 1.32 bits per heavy atom. The maximum atomic E-state index is 5.82. The van der Waals surface area contributed by atoms with Gasteiger partial charge in [0.15, 0.2) is 0 Å². The van der Waals surface area contributed by atoms with Crippen molar-refractivity contribution >= 4 is 11.5 Å². The summed E-state index contributed by atoms with van der Waals surface area (Å²) < 4.78 is 5.82. The van der Waals surface area contributed by atoms with Crippen LogP contribution in [-0.2, 0) is 6.42 Å². The van der Waals surface area contributed by atoms with Crippen LogP contribution in [0.3, 0.4) is 0 Å². The lowest BCUT2D eigenvalue weighted by Crippen LogP contribution is -2.33. The molecule has 19 heavy (non-hydrogen) atoms. The number of amidine groups is 1. The lowest BCUT2D eigenvalue weighted by atomic mass is 10.0. The predicted octanol–water partition coefficient (Wildman–Crippen LogP) is 2.88. The number of hydrogen-bond acceptors (Lipinski definition) is 4. The molecule has 4 nitrogen and oxygen atoms in total. The Balaban J connectivity index is 1.69. The van der Waals surface area contributed by atoms with Gasteiger partial charge in [-0.25, -0.2) is 0 Å². The smallest absolute Gasteiger partial charge is 0.131 e. The van der Waals surface area contributed by atoms with E-state index < -0.39 is 0 Å². The van der Waals surface area contributed by atoms with E-state index in [0.717, 1.165) is 44.1 Å². The van der Waals surface area contributed by atoms with Crippen molar-refractivity contribution in [3.05, 3.63) is 23.8 Å². The van der Waals surface area contributed by atoms with Gasteiger partial charge in [-0.2, -0.15) is 5.10 Å². The van der Waals surface area contributed by atoms with E-state index in [1.165, 1.54) is 24.1 Å². The highest BCUT2D eigenvalue weighted by molar-refractivity contribution is 6.01. The lowest BCUT2D eigenvalue weighted by molar-refractivity contribution is 0.306. The molecule has 1 N–H and O–H groups in total. The highest BCUT2D eigenvalue weighted by Crippen LogP contribution is 2.32. The topological polar surface area (TPSA) is 36.9 Å². The molecule has 0 spiro atoms. The van der Waals surface area contributed by atoms with Crippen LogP contribution < -0.4 is 15.1 Å². The van der Waals surface area contributed by atoms with Gasteiger partial charge >= 0.3 is 0 Å². The van der Waals surface area contributed by atoms with Gasteiger partial charge < -0.3 is 9.64 Å². The molecule has 2 aliphatic heterocycles. The summed E-state index contributed by atoms with van der Waals surface area (Å²) in [6.07, 6.45) is 5.68. The third kappa shape index (κ3) is 2.53. The zero-order valence-electron chi connectivity index (χ0n) is 11.5. The first-order valence-electron chi connectivity index (χ1n) is 7.21. The van der Waals surface area contributed by atoms with Crippen molar-refractivity contribution in [3.8, 4) is 5.75 Å². The Morgan fingerprint density at radius 2 is 2.26 bits per heavy atom. The van der Waals surface area contributed by atoms with Crippen LogP contribution in [0.2, 0.25) is 0 Å². The van der Waals surface area contributed by atoms with Crippen LogP contribution in [0.5, 0.6) is 5.75 Å². The SMILES string of the molecule is CCCCCOc1ccc2c(c1)CCC1=NNCN12. The number of nitrogens with zero attached hydrogens (tertiary/aromatic N) is 2. The quantitative estimate of drug-likeness (QED) is 0.826. The number of unbranched alkanes of at least 4 members (excludes halogenated alkanes) is 2. The van der Waals surface area contributed by atoms with Crippen LogP contribution in [0.4, 0.5) is 5.69 Å². The summed E-state index contributed by atoms with van der Waals surface area (Å²) in [5.41, 5.74) is 5.70. The summed E-state index contributed by atoms with van der Waals surface area (Å²) in [4.78, 5) is 2.25. The van der Waals surface area contributed by atoms with Gasteiger partial charge in [-0.15, -0.1) is 0 Å². The Bertz CT molecular complexity index is 484. The van der Waals surface area contributed by atoms with E-state index in [4.69, 9.17) is 4.74 Å². The van der Waals surface area contributed by atoms with Gasteiger partial charge in [0.2, 0.25) is 0 Å². The molecule has 0 saturated heterocycles. The minimum Gasteiger partial charge on any atom is -0.494 e. The number of ether oxygens (including phenoxy) is 1. The monoisotopic (exact) mass is 259 g/mol. The highest BCUT2D eigenvalue weighted by Gasteiger charge is 2.25. The summed E-state index contributed by atoms with van der Waals surface area (Å²) in [7, 11) is 0. The van der Waals surface area contributed by atoms with Gasteiger partial charge in [0, 0.05) is 12.1 Å². The zero-order valence-corrected chi connectivity index (χ0v) is 11.5. The largest absolute Gasteiger partial charge is 0.494 e. The molecule has 0 aliphatic carbocycles. The van der Waals surface area contributed by atoms with Crippen molar-refractivity contribution in [1.29, 1.82) is 0 Å². The molecule has 1 aromatic rings. The van der Waals surface area contributed by atoms with Crippen molar-refractivity contribution in [2.45, 2.75) is 39.0 Å². The van der Waals surface area contributed by atoms with Crippen molar-refractivity contribution in [1.82, 2.24) is 5.43 Å². The molecule has 3 rings (SSSR count). The predicted molar refractivity (Wildman–Crippen MR) is 77.7 cm³/mol. The molecule has 2 aliphatic rings. The van der Waals surface area contributed by atoms with Crippen LogP contribution in [0.15, 0.2) is 23.3 Å². The number of hydrogen-bond donors (Lipinski definition) is 1. The summed E-state index contributed by atoms with van der Waals surface area (Å²) >= 11 is 0. The molecule has 0 unspecified atom stereocenters. The molecule has 0 aromatic heterocycles. The zero-order chi connectivity index (χ0) is 13.1. The standard InChI is InChI=1S/C15H21N3O/c1-2-3-4-9-19-13-6-7-14-12(10-13)5-8-15-17-16-11-18(14)15/h6-7,10,16H,2-5,8-9,11H2,1H3. The molecular weight excluding hydrogens is 238 g/mol. The van der Waals surface area contributed by atoms with Gasteiger partial charge in [-0.1, -0.05) is 19.8 Å². The van der Waals surface area contributed by atoms with Gasteiger partial charge in [0.05, 0.1) is 6.61 Å². The molecule has 0 saturated carbocycles. The summed E-state index contributed by atoms with van der Waals surface area (Å²) in [6.45, 7) is 3.83. The van der Waals surface area contributed by atoms with Gasteiger partial charge in [0.1, 0.15) is 18.3 Å². The van der Waals surface area contributed by atoms with Crippen LogP contribution >= 0.6 is 0 Å². The van der Waals surface area contributed by atoms with Gasteiger partial charge in [-0.05, 0) is 36.6 Å². The highest BCUT2D eigenvalue weighted by atomic mass is 16.5.